The number of methoxy groups -OCH3 is 1. The summed E-state index contributed by atoms with van der Waals surface area (Å²) in [6.07, 6.45) is 0. The largest absolute Gasteiger partial charge is 0.497 e. The lowest BCUT2D eigenvalue weighted by atomic mass is 10.2. The van der Waals surface area contributed by atoms with Crippen molar-refractivity contribution in [1.82, 2.24) is 0 Å². The predicted octanol–water partition coefficient (Wildman–Crippen LogP) is 2.46. The fourth-order valence-corrected chi connectivity index (χ4v) is 1.95. The lowest BCUT2D eigenvalue weighted by Gasteiger charge is -2.04. The number of nitrogens with zero attached hydrogens (tertiary/aromatic N) is 1. The van der Waals surface area contributed by atoms with Crippen LogP contribution in [-0.2, 0) is 6.54 Å². The number of hydrogen-bond acceptors (Lipinski definition) is 1. The Kier molecular flexibility index (Phi) is 2.58. The lowest BCUT2D eigenvalue weighted by Crippen LogP contribution is -2.36. The summed E-state index contributed by atoms with van der Waals surface area (Å²) in [5.41, 5.74) is 2.55. The summed E-state index contributed by atoms with van der Waals surface area (Å²) in [6, 6.07) is 10.5. The lowest BCUT2D eigenvalue weighted by molar-refractivity contribution is -0.673. The molecule has 0 N–H and O–H groups in total. The van der Waals surface area contributed by atoms with Gasteiger partial charge in [0, 0.05) is 19.1 Å². The van der Waals surface area contributed by atoms with Gasteiger partial charge in [0.15, 0.2) is 5.69 Å². The first kappa shape index (κ1) is 9.97. The molecule has 0 fully saturated rings. The summed E-state index contributed by atoms with van der Waals surface area (Å²) in [6.45, 7) is 5.29. The third-order valence-electron chi connectivity index (χ3n) is 2.77. The second-order valence-electron chi connectivity index (χ2n) is 3.64. The zero-order chi connectivity index (χ0) is 10.8. The van der Waals surface area contributed by atoms with Crippen LogP contribution in [0.15, 0.2) is 30.3 Å². The second-order valence-corrected chi connectivity index (χ2v) is 3.64. The van der Waals surface area contributed by atoms with Crippen LogP contribution in [0.1, 0.15) is 12.6 Å². The predicted molar refractivity (Wildman–Crippen MR) is 61.1 cm³/mol. The van der Waals surface area contributed by atoms with Gasteiger partial charge >= 0.3 is 0 Å². The van der Waals surface area contributed by atoms with E-state index < -0.39 is 0 Å². The van der Waals surface area contributed by atoms with Crippen LogP contribution in [0.2, 0.25) is 0 Å². The number of pyridine rings is 1. The fourth-order valence-electron chi connectivity index (χ4n) is 1.95. The van der Waals surface area contributed by atoms with E-state index in [9.17, 15) is 0 Å². The summed E-state index contributed by atoms with van der Waals surface area (Å²) < 4.78 is 7.52. The molecule has 0 amide bonds. The van der Waals surface area contributed by atoms with E-state index in [0.717, 1.165) is 12.3 Å². The average molecular weight is 202 g/mol. The monoisotopic (exact) mass is 202 g/mol. The summed E-state index contributed by atoms with van der Waals surface area (Å²) in [5, 5.41) is 1.22. The van der Waals surface area contributed by atoms with Gasteiger partial charge in [-0.25, -0.2) is 0 Å². The van der Waals surface area contributed by atoms with Crippen LogP contribution in [0.3, 0.4) is 0 Å². The molecule has 2 nitrogen and oxygen atoms in total. The molecule has 0 atom stereocenters. The van der Waals surface area contributed by atoms with Crippen LogP contribution in [0.25, 0.3) is 10.9 Å². The number of rotatable bonds is 2. The highest BCUT2D eigenvalue weighted by atomic mass is 16.5. The molecule has 0 radical (unpaired) electrons. The third-order valence-corrected chi connectivity index (χ3v) is 2.77. The Morgan fingerprint density at radius 1 is 1.20 bits per heavy atom. The Balaban J connectivity index is 2.72. The van der Waals surface area contributed by atoms with E-state index in [2.05, 4.69) is 42.7 Å². The SMILES string of the molecule is CC[n+]1c(C)ccc2cc(OC)ccc21. The minimum absolute atomic E-state index is 0.911. The highest BCUT2D eigenvalue weighted by Crippen LogP contribution is 2.18. The van der Waals surface area contributed by atoms with E-state index in [1.54, 1.807) is 7.11 Å². The first-order valence-corrected chi connectivity index (χ1v) is 5.23. The first-order valence-electron chi connectivity index (χ1n) is 5.23. The second kappa shape index (κ2) is 3.89. The standard InChI is InChI=1S/C13H16NO/c1-4-14-10(2)5-6-11-9-12(15-3)7-8-13(11)14/h5-9H,4H2,1-3H3/q+1. The van der Waals surface area contributed by atoms with Gasteiger partial charge in [-0.1, -0.05) is 0 Å². The maximum atomic E-state index is 5.22. The van der Waals surface area contributed by atoms with Gasteiger partial charge in [0.05, 0.1) is 12.5 Å². The van der Waals surface area contributed by atoms with E-state index in [1.165, 1.54) is 16.6 Å². The van der Waals surface area contributed by atoms with Crippen LogP contribution < -0.4 is 9.30 Å². The van der Waals surface area contributed by atoms with Crippen LogP contribution in [-0.4, -0.2) is 7.11 Å². The normalized spacial score (nSPS) is 10.6. The van der Waals surface area contributed by atoms with Crippen molar-refractivity contribution < 1.29 is 9.30 Å². The van der Waals surface area contributed by atoms with Crippen molar-refractivity contribution in [3.05, 3.63) is 36.0 Å². The minimum atomic E-state index is 0.911. The molecule has 1 heterocycles. The van der Waals surface area contributed by atoms with E-state index in [1.807, 2.05) is 6.07 Å². The quantitative estimate of drug-likeness (QED) is 0.682. The Hall–Kier alpha value is -1.57. The zero-order valence-corrected chi connectivity index (χ0v) is 9.45. The number of ether oxygens (including phenoxy) is 1. The highest BCUT2D eigenvalue weighted by Gasteiger charge is 2.10. The molecule has 0 unspecified atom stereocenters. The maximum absolute atomic E-state index is 5.22. The van der Waals surface area contributed by atoms with Crippen LogP contribution in [0.5, 0.6) is 5.75 Å². The van der Waals surface area contributed by atoms with Crippen molar-refractivity contribution >= 4 is 10.9 Å². The molecular weight excluding hydrogens is 186 g/mol. The van der Waals surface area contributed by atoms with Crippen LogP contribution >= 0.6 is 0 Å². The van der Waals surface area contributed by atoms with E-state index in [4.69, 9.17) is 4.74 Å². The Morgan fingerprint density at radius 3 is 2.67 bits per heavy atom. The summed E-state index contributed by atoms with van der Waals surface area (Å²) in [5.74, 6) is 0.911. The van der Waals surface area contributed by atoms with Crippen molar-refractivity contribution in [2.24, 2.45) is 0 Å². The minimum Gasteiger partial charge on any atom is -0.497 e. The highest BCUT2D eigenvalue weighted by molar-refractivity contribution is 5.77. The summed E-state index contributed by atoms with van der Waals surface area (Å²) in [4.78, 5) is 0. The molecular formula is C13H16NO+. The molecule has 0 aliphatic rings. The molecule has 1 aromatic carbocycles. The third kappa shape index (κ3) is 1.67. The van der Waals surface area contributed by atoms with Crippen molar-refractivity contribution in [2.45, 2.75) is 20.4 Å². The summed E-state index contributed by atoms with van der Waals surface area (Å²) in [7, 11) is 1.70. The fraction of sp³-hybridized carbons (Fsp3) is 0.308. The van der Waals surface area contributed by atoms with Gasteiger partial charge in [0.25, 0.3) is 0 Å². The van der Waals surface area contributed by atoms with Gasteiger partial charge in [-0.2, -0.15) is 4.57 Å². The summed E-state index contributed by atoms with van der Waals surface area (Å²) >= 11 is 0. The topological polar surface area (TPSA) is 13.1 Å². The molecule has 2 aromatic rings. The van der Waals surface area contributed by atoms with Crippen LogP contribution in [0, 0.1) is 6.92 Å². The molecule has 0 aliphatic carbocycles. The van der Waals surface area contributed by atoms with Crippen molar-refractivity contribution in [1.29, 1.82) is 0 Å². The smallest absolute Gasteiger partial charge is 0.212 e. The van der Waals surface area contributed by atoms with Gasteiger partial charge in [0.2, 0.25) is 5.52 Å². The Morgan fingerprint density at radius 2 is 2.00 bits per heavy atom. The first-order chi connectivity index (χ1) is 7.26. The zero-order valence-electron chi connectivity index (χ0n) is 9.45. The molecule has 78 valence electrons. The van der Waals surface area contributed by atoms with Crippen molar-refractivity contribution in [2.75, 3.05) is 7.11 Å². The van der Waals surface area contributed by atoms with Crippen LogP contribution in [0.4, 0.5) is 0 Å². The molecule has 1 aromatic heterocycles. The van der Waals surface area contributed by atoms with Crippen molar-refractivity contribution in [3.8, 4) is 5.75 Å². The molecule has 0 saturated heterocycles. The van der Waals surface area contributed by atoms with E-state index in [-0.39, 0.29) is 0 Å². The number of hydrogen-bond donors (Lipinski definition) is 0. The van der Waals surface area contributed by atoms with E-state index >= 15 is 0 Å². The molecule has 0 saturated carbocycles. The number of fused-ring (bicyclic) bond motifs is 1. The van der Waals surface area contributed by atoms with Gasteiger partial charge in [-0.15, -0.1) is 0 Å². The van der Waals surface area contributed by atoms with Gasteiger partial charge in [-0.05, 0) is 25.1 Å². The number of benzene rings is 1. The van der Waals surface area contributed by atoms with Gasteiger partial charge < -0.3 is 4.74 Å². The Labute approximate surface area is 90.1 Å². The van der Waals surface area contributed by atoms with Crippen molar-refractivity contribution in [3.63, 3.8) is 0 Å². The molecule has 2 heteroatoms. The molecule has 2 rings (SSSR count). The molecule has 0 spiro atoms. The maximum Gasteiger partial charge on any atom is 0.212 e. The van der Waals surface area contributed by atoms with Gasteiger partial charge in [-0.3, -0.25) is 0 Å². The number of aromatic nitrogens is 1. The molecule has 0 aliphatic heterocycles. The number of aryl methyl sites for hydroxylation is 2. The molecule has 0 bridgehead atoms. The van der Waals surface area contributed by atoms with E-state index in [0.29, 0.717) is 0 Å². The Bertz CT molecular complexity index is 491. The average Bonchev–Trinajstić information content (AvgIpc) is 2.28. The van der Waals surface area contributed by atoms with Gasteiger partial charge in [0.1, 0.15) is 12.3 Å². The molecule has 15 heavy (non-hydrogen) atoms.